The topological polar surface area (TPSA) is 51.4 Å². The molecule has 3 rings (SSSR count). The van der Waals surface area contributed by atoms with E-state index in [1.807, 2.05) is 0 Å². The molecule has 0 aliphatic carbocycles. The highest BCUT2D eigenvalue weighted by atomic mass is 19.1. The predicted octanol–water partition coefficient (Wildman–Crippen LogP) is 3.27. The van der Waals surface area contributed by atoms with Crippen LogP contribution in [0.15, 0.2) is 28.7 Å². The number of hydrogen-bond donors (Lipinski definition) is 0. The molecule has 1 aliphatic rings. The molecule has 5 nitrogen and oxygen atoms in total. The Bertz CT molecular complexity index is 638. The fraction of sp³-hybridized carbons (Fsp3) is 0.529. The smallest absolute Gasteiger partial charge is 0.247 e. The zero-order chi connectivity index (χ0) is 16.2. The molecule has 0 amide bonds. The Morgan fingerprint density at radius 2 is 2.04 bits per heavy atom. The van der Waals surface area contributed by atoms with E-state index in [1.54, 1.807) is 12.1 Å². The summed E-state index contributed by atoms with van der Waals surface area (Å²) in [6.45, 7) is 6.53. The number of benzene rings is 1. The summed E-state index contributed by atoms with van der Waals surface area (Å²) in [5.41, 5.74) is 0.603. The van der Waals surface area contributed by atoms with Gasteiger partial charge < -0.3 is 9.15 Å². The molecule has 0 atom stereocenters. The Kier molecular flexibility index (Phi) is 5.03. The first-order valence-corrected chi connectivity index (χ1v) is 8.05. The van der Waals surface area contributed by atoms with Gasteiger partial charge in [-0.05, 0) is 44.9 Å². The standard InChI is InChI=1S/C17H22FN3O2/c1-12(2)21(15-6-8-22-9-7-15)11-16-19-20-17(23-16)13-4-3-5-14(18)10-13/h3-5,10,12,15H,6-9,11H2,1-2H3. The largest absolute Gasteiger partial charge is 0.419 e. The summed E-state index contributed by atoms with van der Waals surface area (Å²) < 4.78 is 24.5. The molecule has 1 aliphatic heterocycles. The lowest BCUT2D eigenvalue weighted by atomic mass is 10.1. The Hall–Kier alpha value is -1.79. The number of hydrogen-bond acceptors (Lipinski definition) is 5. The minimum atomic E-state index is -0.312. The first-order valence-electron chi connectivity index (χ1n) is 8.05. The van der Waals surface area contributed by atoms with Gasteiger partial charge in [-0.25, -0.2) is 4.39 Å². The van der Waals surface area contributed by atoms with E-state index in [4.69, 9.17) is 9.15 Å². The van der Waals surface area contributed by atoms with Crippen molar-refractivity contribution >= 4 is 0 Å². The van der Waals surface area contributed by atoms with Crippen molar-refractivity contribution in [3.63, 3.8) is 0 Å². The average Bonchev–Trinajstić information content (AvgIpc) is 3.02. The first-order chi connectivity index (χ1) is 11.1. The first kappa shape index (κ1) is 16.1. The van der Waals surface area contributed by atoms with Crippen LogP contribution in [0.25, 0.3) is 11.5 Å². The summed E-state index contributed by atoms with van der Waals surface area (Å²) in [4.78, 5) is 2.37. The van der Waals surface area contributed by atoms with E-state index < -0.39 is 0 Å². The second-order valence-electron chi connectivity index (χ2n) is 6.12. The second kappa shape index (κ2) is 7.19. The minimum absolute atomic E-state index is 0.312. The number of halogens is 1. The lowest BCUT2D eigenvalue weighted by Crippen LogP contribution is -2.43. The maximum Gasteiger partial charge on any atom is 0.247 e. The van der Waals surface area contributed by atoms with Crippen LogP contribution in [0.5, 0.6) is 0 Å². The number of ether oxygens (including phenoxy) is 1. The molecule has 2 heterocycles. The highest BCUT2D eigenvalue weighted by Gasteiger charge is 2.25. The van der Waals surface area contributed by atoms with Gasteiger partial charge in [0.25, 0.3) is 0 Å². The van der Waals surface area contributed by atoms with Crippen LogP contribution < -0.4 is 0 Å². The van der Waals surface area contributed by atoms with Crippen LogP contribution in [0.1, 0.15) is 32.6 Å². The fourth-order valence-corrected chi connectivity index (χ4v) is 2.96. The number of nitrogens with zero attached hydrogens (tertiary/aromatic N) is 3. The summed E-state index contributed by atoms with van der Waals surface area (Å²) in [6.07, 6.45) is 2.03. The molecule has 0 radical (unpaired) electrons. The molecule has 0 bridgehead atoms. The quantitative estimate of drug-likeness (QED) is 0.846. The van der Waals surface area contributed by atoms with Gasteiger partial charge in [-0.1, -0.05) is 6.07 Å². The van der Waals surface area contributed by atoms with Crippen molar-refractivity contribution in [3.8, 4) is 11.5 Å². The highest BCUT2D eigenvalue weighted by Crippen LogP contribution is 2.22. The normalized spacial score (nSPS) is 16.4. The van der Waals surface area contributed by atoms with Crippen LogP contribution in [0.4, 0.5) is 4.39 Å². The molecule has 0 saturated carbocycles. The SMILES string of the molecule is CC(C)N(Cc1nnc(-c2cccc(F)c2)o1)C1CCOCC1. The molecule has 0 unspecified atom stereocenters. The van der Waals surface area contributed by atoms with Gasteiger partial charge in [-0.3, -0.25) is 4.90 Å². The van der Waals surface area contributed by atoms with Crippen LogP contribution in [-0.2, 0) is 11.3 Å². The molecule has 1 aromatic carbocycles. The zero-order valence-corrected chi connectivity index (χ0v) is 13.5. The third-order valence-corrected chi connectivity index (χ3v) is 4.18. The monoisotopic (exact) mass is 319 g/mol. The zero-order valence-electron chi connectivity index (χ0n) is 13.5. The Morgan fingerprint density at radius 1 is 1.26 bits per heavy atom. The summed E-state index contributed by atoms with van der Waals surface area (Å²) in [5, 5.41) is 8.18. The molecule has 1 saturated heterocycles. The van der Waals surface area contributed by atoms with Crippen molar-refractivity contribution in [1.29, 1.82) is 0 Å². The Labute approximate surface area is 135 Å². The maximum atomic E-state index is 13.3. The molecule has 6 heteroatoms. The summed E-state index contributed by atoms with van der Waals surface area (Å²) in [7, 11) is 0. The van der Waals surface area contributed by atoms with E-state index in [9.17, 15) is 4.39 Å². The highest BCUT2D eigenvalue weighted by molar-refractivity contribution is 5.52. The lowest BCUT2D eigenvalue weighted by Gasteiger charge is -2.36. The van der Waals surface area contributed by atoms with E-state index >= 15 is 0 Å². The van der Waals surface area contributed by atoms with E-state index in [2.05, 4.69) is 28.9 Å². The van der Waals surface area contributed by atoms with Gasteiger partial charge in [0.15, 0.2) is 0 Å². The Balaban J connectivity index is 1.73. The third kappa shape index (κ3) is 3.95. The summed E-state index contributed by atoms with van der Waals surface area (Å²) >= 11 is 0. The van der Waals surface area contributed by atoms with Crippen molar-refractivity contribution < 1.29 is 13.5 Å². The van der Waals surface area contributed by atoms with Crippen molar-refractivity contribution in [2.75, 3.05) is 13.2 Å². The molecule has 2 aromatic rings. The van der Waals surface area contributed by atoms with Crippen molar-refractivity contribution in [2.24, 2.45) is 0 Å². The Morgan fingerprint density at radius 3 is 2.74 bits per heavy atom. The van der Waals surface area contributed by atoms with Gasteiger partial charge in [-0.15, -0.1) is 10.2 Å². The van der Waals surface area contributed by atoms with Gasteiger partial charge in [-0.2, -0.15) is 0 Å². The van der Waals surface area contributed by atoms with Gasteiger partial charge in [0.2, 0.25) is 11.8 Å². The average molecular weight is 319 g/mol. The molecule has 1 fully saturated rings. The molecule has 124 valence electrons. The van der Waals surface area contributed by atoms with Crippen molar-refractivity contribution in [1.82, 2.24) is 15.1 Å². The summed E-state index contributed by atoms with van der Waals surface area (Å²) in [6, 6.07) is 7.04. The molecule has 23 heavy (non-hydrogen) atoms. The van der Waals surface area contributed by atoms with Gasteiger partial charge in [0, 0.05) is 30.9 Å². The van der Waals surface area contributed by atoms with E-state index in [-0.39, 0.29) is 5.82 Å². The molecule has 0 spiro atoms. The van der Waals surface area contributed by atoms with Gasteiger partial charge in [0.05, 0.1) is 6.54 Å². The molecule has 1 aromatic heterocycles. The van der Waals surface area contributed by atoms with E-state index in [0.29, 0.717) is 36.0 Å². The lowest BCUT2D eigenvalue weighted by molar-refractivity contribution is 0.0154. The van der Waals surface area contributed by atoms with Gasteiger partial charge >= 0.3 is 0 Å². The summed E-state index contributed by atoms with van der Waals surface area (Å²) in [5.74, 6) is 0.605. The van der Waals surface area contributed by atoms with Crippen molar-refractivity contribution in [2.45, 2.75) is 45.3 Å². The molecular weight excluding hydrogens is 297 g/mol. The second-order valence-corrected chi connectivity index (χ2v) is 6.12. The van der Waals surface area contributed by atoms with Crippen molar-refractivity contribution in [3.05, 3.63) is 36.0 Å². The predicted molar refractivity (Wildman–Crippen MR) is 84.2 cm³/mol. The van der Waals surface area contributed by atoms with Crippen LogP contribution in [-0.4, -0.2) is 40.4 Å². The fourth-order valence-electron chi connectivity index (χ4n) is 2.96. The van der Waals surface area contributed by atoms with E-state index in [1.165, 1.54) is 12.1 Å². The van der Waals surface area contributed by atoms with Crippen LogP contribution in [0, 0.1) is 5.82 Å². The van der Waals surface area contributed by atoms with Crippen LogP contribution in [0.2, 0.25) is 0 Å². The van der Waals surface area contributed by atoms with Gasteiger partial charge in [0.1, 0.15) is 5.82 Å². The van der Waals surface area contributed by atoms with Crippen LogP contribution >= 0.6 is 0 Å². The maximum absolute atomic E-state index is 13.3. The number of aromatic nitrogens is 2. The van der Waals surface area contributed by atoms with E-state index in [0.717, 1.165) is 26.1 Å². The third-order valence-electron chi connectivity index (χ3n) is 4.18. The molecular formula is C17H22FN3O2. The number of rotatable bonds is 5. The minimum Gasteiger partial charge on any atom is -0.419 e. The van der Waals surface area contributed by atoms with Crippen LogP contribution in [0.3, 0.4) is 0 Å². The molecule has 0 N–H and O–H groups in total.